The normalized spacial score (nSPS) is 21.1. The number of anilines is 1. The highest BCUT2D eigenvalue weighted by atomic mass is 16.5. The van der Waals surface area contributed by atoms with Crippen LogP contribution in [0.15, 0.2) is 12.3 Å². The fourth-order valence-corrected chi connectivity index (χ4v) is 3.04. The predicted octanol–water partition coefficient (Wildman–Crippen LogP) is 1.31. The molecular weight excluding hydrogens is 280 g/mol. The van der Waals surface area contributed by atoms with Gasteiger partial charge in [-0.05, 0) is 25.5 Å². The highest BCUT2D eigenvalue weighted by Gasteiger charge is 2.37. The lowest BCUT2D eigenvalue weighted by molar-refractivity contribution is 0.105. The molecule has 0 radical (unpaired) electrons. The number of rotatable bonds is 3. The van der Waals surface area contributed by atoms with Crippen LogP contribution >= 0.6 is 0 Å². The van der Waals surface area contributed by atoms with E-state index < -0.39 is 0 Å². The van der Waals surface area contributed by atoms with Crippen molar-refractivity contribution in [1.29, 1.82) is 5.26 Å². The zero-order valence-electron chi connectivity index (χ0n) is 12.9. The van der Waals surface area contributed by atoms with E-state index in [9.17, 15) is 5.26 Å². The maximum Gasteiger partial charge on any atom is 0.147 e. The molecule has 7 nitrogen and oxygen atoms in total. The Morgan fingerprint density at radius 3 is 2.86 bits per heavy atom. The van der Waals surface area contributed by atoms with E-state index in [1.165, 1.54) is 0 Å². The van der Waals surface area contributed by atoms with E-state index in [4.69, 9.17) is 4.74 Å². The lowest BCUT2D eigenvalue weighted by Crippen LogP contribution is -2.24. The van der Waals surface area contributed by atoms with Gasteiger partial charge < -0.3 is 9.64 Å². The maximum absolute atomic E-state index is 9.45. The molecule has 0 spiro atoms. The number of nitrogens with one attached hydrogen (secondary N) is 1. The topological polar surface area (TPSA) is 90.7 Å². The van der Waals surface area contributed by atoms with E-state index in [2.05, 4.69) is 31.4 Å². The van der Waals surface area contributed by atoms with Crippen molar-refractivity contribution in [2.45, 2.75) is 25.9 Å². The van der Waals surface area contributed by atoms with Crippen LogP contribution < -0.4 is 4.90 Å². The van der Waals surface area contributed by atoms with E-state index in [0.29, 0.717) is 18.7 Å². The molecule has 2 atom stereocenters. The van der Waals surface area contributed by atoms with E-state index in [-0.39, 0.29) is 12.0 Å². The van der Waals surface area contributed by atoms with Gasteiger partial charge in [-0.25, -0.2) is 4.98 Å². The minimum absolute atomic E-state index is 0.000684. The SMILES string of the molecule is CO[C@@H]1CN(c2nc(C)cc(C)c2C#N)C[C@H]1c1cn[nH]n1. The Morgan fingerprint density at radius 2 is 2.23 bits per heavy atom. The van der Waals surface area contributed by atoms with Crippen molar-refractivity contribution >= 4 is 5.82 Å². The van der Waals surface area contributed by atoms with Crippen molar-refractivity contribution in [3.05, 3.63) is 34.8 Å². The van der Waals surface area contributed by atoms with E-state index in [0.717, 1.165) is 22.8 Å². The quantitative estimate of drug-likeness (QED) is 0.918. The number of aromatic nitrogens is 4. The number of pyridine rings is 1. The van der Waals surface area contributed by atoms with Crippen molar-refractivity contribution in [2.24, 2.45) is 0 Å². The Balaban J connectivity index is 1.96. The molecule has 0 aromatic carbocycles. The van der Waals surface area contributed by atoms with Gasteiger partial charge in [0.2, 0.25) is 0 Å². The summed E-state index contributed by atoms with van der Waals surface area (Å²) in [6.45, 7) is 5.26. The molecule has 0 unspecified atom stereocenters. The van der Waals surface area contributed by atoms with Gasteiger partial charge in [-0.15, -0.1) is 0 Å². The maximum atomic E-state index is 9.45. The first-order chi connectivity index (χ1) is 10.6. The minimum atomic E-state index is -0.000684. The highest BCUT2D eigenvalue weighted by Crippen LogP contribution is 2.33. The van der Waals surface area contributed by atoms with E-state index in [1.807, 2.05) is 19.9 Å². The summed E-state index contributed by atoms with van der Waals surface area (Å²) in [6, 6.07) is 4.20. The molecule has 22 heavy (non-hydrogen) atoms. The monoisotopic (exact) mass is 298 g/mol. The summed E-state index contributed by atoms with van der Waals surface area (Å²) in [7, 11) is 1.70. The van der Waals surface area contributed by atoms with Gasteiger partial charge in [-0.3, -0.25) is 0 Å². The number of nitrogens with zero attached hydrogens (tertiary/aromatic N) is 5. The number of hydrogen-bond donors (Lipinski definition) is 1. The number of ether oxygens (including phenoxy) is 1. The van der Waals surface area contributed by atoms with Crippen LogP contribution in [0.25, 0.3) is 0 Å². The minimum Gasteiger partial charge on any atom is -0.379 e. The zero-order valence-corrected chi connectivity index (χ0v) is 12.9. The van der Waals surface area contributed by atoms with Crippen molar-refractivity contribution < 1.29 is 4.74 Å². The Morgan fingerprint density at radius 1 is 1.41 bits per heavy atom. The second kappa shape index (κ2) is 5.73. The number of H-pyrrole nitrogens is 1. The van der Waals surface area contributed by atoms with Crippen LogP contribution in [0.3, 0.4) is 0 Å². The summed E-state index contributed by atoms with van der Waals surface area (Å²) in [5.41, 5.74) is 3.35. The Hall–Kier alpha value is -2.46. The molecular formula is C15H18N6O. The number of aromatic amines is 1. The second-order valence-corrected chi connectivity index (χ2v) is 5.57. The molecule has 1 saturated heterocycles. The van der Waals surface area contributed by atoms with Crippen LogP contribution in [-0.4, -0.2) is 46.7 Å². The Bertz CT molecular complexity index is 706. The third-order valence-electron chi connectivity index (χ3n) is 4.12. The summed E-state index contributed by atoms with van der Waals surface area (Å²) in [5, 5.41) is 20.1. The molecule has 0 aliphatic carbocycles. The van der Waals surface area contributed by atoms with E-state index in [1.54, 1.807) is 13.3 Å². The van der Waals surface area contributed by atoms with Gasteiger partial charge in [0.15, 0.2) is 0 Å². The number of aryl methyl sites for hydroxylation is 2. The average molecular weight is 298 g/mol. The zero-order chi connectivity index (χ0) is 15.7. The van der Waals surface area contributed by atoms with Gasteiger partial charge in [0, 0.05) is 25.9 Å². The van der Waals surface area contributed by atoms with Crippen LogP contribution in [0.5, 0.6) is 0 Å². The van der Waals surface area contributed by atoms with Gasteiger partial charge in [0.25, 0.3) is 0 Å². The van der Waals surface area contributed by atoms with Gasteiger partial charge in [0.1, 0.15) is 11.9 Å². The molecule has 2 aromatic rings. The first-order valence-electron chi connectivity index (χ1n) is 7.15. The third-order valence-corrected chi connectivity index (χ3v) is 4.12. The van der Waals surface area contributed by atoms with Gasteiger partial charge >= 0.3 is 0 Å². The average Bonchev–Trinajstić information content (AvgIpc) is 3.15. The summed E-state index contributed by atoms with van der Waals surface area (Å²) in [6.07, 6.45) is 1.72. The van der Waals surface area contributed by atoms with Crippen molar-refractivity contribution in [2.75, 3.05) is 25.1 Å². The Kier molecular flexibility index (Phi) is 3.77. The molecule has 1 aliphatic rings. The first kappa shape index (κ1) is 14.5. The number of methoxy groups -OCH3 is 1. The van der Waals surface area contributed by atoms with Crippen molar-refractivity contribution in [3.63, 3.8) is 0 Å². The molecule has 0 amide bonds. The highest BCUT2D eigenvalue weighted by molar-refractivity contribution is 5.59. The largest absolute Gasteiger partial charge is 0.379 e. The molecule has 7 heteroatoms. The van der Waals surface area contributed by atoms with Crippen molar-refractivity contribution in [1.82, 2.24) is 20.4 Å². The molecule has 1 N–H and O–H groups in total. The standard InChI is InChI=1S/C15H18N6O/c1-9-4-10(2)18-15(11(9)5-16)21-7-12(14(8-21)22-3)13-6-17-20-19-13/h4,6,12,14H,7-8H2,1-3H3,(H,17,19,20)/t12-,14+/m0/s1. The summed E-state index contributed by atoms with van der Waals surface area (Å²) in [5.74, 6) is 0.839. The second-order valence-electron chi connectivity index (χ2n) is 5.57. The molecule has 0 bridgehead atoms. The van der Waals surface area contributed by atoms with Crippen LogP contribution in [0, 0.1) is 25.2 Å². The van der Waals surface area contributed by atoms with Crippen LogP contribution in [-0.2, 0) is 4.74 Å². The summed E-state index contributed by atoms with van der Waals surface area (Å²) in [4.78, 5) is 6.68. The molecule has 1 aliphatic heterocycles. The van der Waals surface area contributed by atoms with Crippen LogP contribution in [0.1, 0.15) is 28.4 Å². The number of hydrogen-bond acceptors (Lipinski definition) is 6. The van der Waals surface area contributed by atoms with Crippen LogP contribution in [0.4, 0.5) is 5.82 Å². The fraction of sp³-hybridized carbons (Fsp3) is 0.467. The molecule has 0 saturated carbocycles. The van der Waals surface area contributed by atoms with Gasteiger partial charge in [-0.1, -0.05) is 0 Å². The van der Waals surface area contributed by atoms with Crippen LogP contribution in [0.2, 0.25) is 0 Å². The number of nitriles is 1. The van der Waals surface area contributed by atoms with E-state index >= 15 is 0 Å². The predicted molar refractivity (Wildman–Crippen MR) is 80.6 cm³/mol. The Labute approximate surface area is 128 Å². The molecule has 114 valence electrons. The molecule has 3 rings (SSSR count). The van der Waals surface area contributed by atoms with Gasteiger partial charge in [-0.2, -0.15) is 20.7 Å². The molecule has 2 aromatic heterocycles. The van der Waals surface area contributed by atoms with Gasteiger partial charge in [0.05, 0.1) is 29.5 Å². The molecule has 1 fully saturated rings. The third kappa shape index (κ3) is 2.42. The lowest BCUT2D eigenvalue weighted by atomic mass is 10.0. The molecule has 3 heterocycles. The van der Waals surface area contributed by atoms with Crippen molar-refractivity contribution in [3.8, 4) is 6.07 Å². The lowest BCUT2D eigenvalue weighted by Gasteiger charge is -2.20. The summed E-state index contributed by atoms with van der Waals surface area (Å²) < 4.78 is 5.60. The fourth-order valence-electron chi connectivity index (χ4n) is 3.04. The smallest absolute Gasteiger partial charge is 0.147 e. The first-order valence-corrected chi connectivity index (χ1v) is 7.15. The summed E-state index contributed by atoms with van der Waals surface area (Å²) >= 11 is 0.